The third-order valence-corrected chi connectivity index (χ3v) is 3.65. The molecular weight excluding hydrogens is 228 g/mol. The van der Waals surface area contributed by atoms with Crippen molar-refractivity contribution in [1.82, 2.24) is 10.1 Å². The Morgan fingerprint density at radius 2 is 2.50 bits per heavy atom. The van der Waals surface area contributed by atoms with E-state index in [1.165, 1.54) is 0 Å². The first-order chi connectivity index (χ1) is 7.72. The van der Waals surface area contributed by atoms with Crippen molar-refractivity contribution in [3.63, 3.8) is 0 Å². The molecule has 1 aliphatic carbocycles. The summed E-state index contributed by atoms with van der Waals surface area (Å²) in [6, 6.07) is 0. The molecule has 0 radical (unpaired) electrons. The molecule has 0 aromatic carbocycles. The monoisotopic (exact) mass is 242 g/mol. The van der Waals surface area contributed by atoms with E-state index in [9.17, 15) is 4.79 Å². The molecule has 0 amide bonds. The Hall–Kier alpha value is -1.04. The maximum absolute atomic E-state index is 10.7. The van der Waals surface area contributed by atoms with Crippen LogP contribution in [0.3, 0.4) is 0 Å². The van der Waals surface area contributed by atoms with Crippen molar-refractivity contribution in [1.29, 1.82) is 0 Å². The minimum Gasteiger partial charge on any atom is -0.481 e. The van der Waals surface area contributed by atoms with Crippen molar-refractivity contribution in [2.75, 3.05) is 5.75 Å². The molecule has 6 heteroatoms. The molecule has 2 unspecified atom stereocenters. The summed E-state index contributed by atoms with van der Waals surface area (Å²) < 4.78 is 5.06. The number of rotatable bonds is 6. The minimum atomic E-state index is -0.773. The van der Waals surface area contributed by atoms with Gasteiger partial charge in [-0.2, -0.15) is 16.7 Å². The second-order valence-electron chi connectivity index (χ2n) is 3.89. The molecule has 2 atom stereocenters. The Morgan fingerprint density at radius 1 is 1.69 bits per heavy atom. The zero-order chi connectivity index (χ0) is 11.5. The number of aromatic nitrogens is 2. The minimum absolute atomic E-state index is 0.0603. The summed E-state index contributed by atoms with van der Waals surface area (Å²) in [5, 5.41) is 12.6. The van der Waals surface area contributed by atoms with Crippen molar-refractivity contribution in [2.45, 2.75) is 31.4 Å². The zero-order valence-corrected chi connectivity index (χ0v) is 9.87. The maximum Gasteiger partial charge on any atom is 0.307 e. The number of carbonyl (C=O) groups is 1. The molecule has 1 heterocycles. The molecule has 1 saturated carbocycles. The highest BCUT2D eigenvalue weighted by atomic mass is 32.2. The maximum atomic E-state index is 10.7. The van der Waals surface area contributed by atoms with E-state index in [1.807, 2.05) is 0 Å². The zero-order valence-electron chi connectivity index (χ0n) is 9.05. The highest BCUT2D eigenvalue weighted by Gasteiger charge is 2.48. The van der Waals surface area contributed by atoms with Gasteiger partial charge in [0, 0.05) is 0 Å². The third kappa shape index (κ3) is 2.55. The number of hydrogen-bond donors (Lipinski definition) is 1. The molecule has 5 nitrogen and oxygen atoms in total. The summed E-state index contributed by atoms with van der Waals surface area (Å²) in [7, 11) is 0. The normalized spacial score (nSPS) is 23.3. The lowest BCUT2D eigenvalue weighted by molar-refractivity contribution is -0.138. The van der Waals surface area contributed by atoms with Gasteiger partial charge in [-0.3, -0.25) is 4.79 Å². The molecular formula is C10H14N2O3S. The van der Waals surface area contributed by atoms with E-state index in [-0.39, 0.29) is 11.8 Å². The van der Waals surface area contributed by atoms with Crippen molar-refractivity contribution >= 4 is 17.7 Å². The standard InChI is InChI=1S/C10H14N2O3S/c1-2-3-16-5-8-11-9(15-12-8)6-4-7(6)10(13)14/h6-7H,2-5H2,1H3,(H,13,14). The van der Waals surface area contributed by atoms with Crippen LogP contribution in [-0.2, 0) is 10.5 Å². The quantitative estimate of drug-likeness (QED) is 0.768. The van der Waals surface area contributed by atoms with Crippen LogP contribution in [0.25, 0.3) is 0 Å². The van der Waals surface area contributed by atoms with Gasteiger partial charge in [0.2, 0.25) is 5.89 Å². The van der Waals surface area contributed by atoms with Crippen molar-refractivity contribution < 1.29 is 14.4 Å². The van der Waals surface area contributed by atoms with E-state index in [2.05, 4.69) is 17.1 Å². The molecule has 0 saturated heterocycles. The molecule has 16 heavy (non-hydrogen) atoms. The van der Waals surface area contributed by atoms with E-state index in [0.29, 0.717) is 18.1 Å². The van der Waals surface area contributed by atoms with Crippen LogP contribution in [0.1, 0.15) is 37.4 Å². The molecule has 1 aromatic rings. The van der Waals surface area contributed by atoms with Crippen LogP contribution in [0.4, 0.5) is 0 Å². The smallest absolute Gasteiger partial charge is 0.307 e. The summed E-state index contributed by atoms with van der Waals surface area (Å²) in [6.45, 7) is 2.12. The van der Waals surface area contributed by atoms with Crippen molar-refractivity contribution in [3.8, 4) is 0 Å². The molecule has 88 valence electrons. The molecule has 1 fully saturated rings. The van der Waals surface area contributed by atoms with E-state index < -0.39 is 5.97 Å². The van der Waals surface area contributed by atoms with Gasteiger partial charge in [-0.1, -0.05) is 12.1 Å². The Bertz CT molecular complexity index is 380. The average Bonchev–Trinajstić information content (AvgIpc) is 2.93. The molecule has 0 aliphatic heterocycles. The van der Waals surface area contributed by atoms with Gasteiger partial charge in [0.15, 0.2) is 5.82 Å². The first-order valence-electron chi connectivity index (χ1n) is 5.35. The number of aliphatic carboxylic acids is 1. The summed E-state index contributed by atoms with van der Waals surface area (Å²) in [4.78, 5) is 14.9. The average molecular weight is 242 g/mol. The highest BCUT2D eigenvalue weighted by molar-refractivity contribution is 7.98. The Balaban J connectivity index is 1.86. The fourth-order valence-corrected chi connectivity index (χ4v) is 2.26. The van der Waals surface area contributed by atoms with Crippen LogP contribution >= 0.6 is 11.8 Å². The summed E-state index contributed by atoms with van der Waals surface area (Å²) in [5.41, 5.74) is 0. The Labute approximate surface area is 97.6 Å². The predicted octanol–water partition coefficient (Wildman–Crippen LogP) is 1.90. The van der Waals surface area contributed by atoms with Crippen molar-refractivity contribution in [2.24, 2.45) is 5.92 Å². The first-order valence-corrected chi connectivity index (χ1v) is 6.51. The van der Waals surface area contributed by atoms with Gasteiger partial charge in [0.25, 0.3) is 0 Å². The van der Waals surface area contributed by atoms with Gasteiger partial charge in [-0.25, -0.2) is 0 Å². The Kier molecular flexibility index (Phi) is 3.48. The first kappa shape index (κ1) is 11.4. The molecule has 0 spiro atoms. The van der Waals surface area contributed by atoms with E-state index in [1.54, 1.807) is 11.8 Å². The van der Waals surface area contributed by atoms with Crippen LogP contribution in [0.5, 0.6) is 0 Å². The van der Waals surface area contributed by atoms with Crippen LogP contribution in [0.15, 0.2) is 4.52 Å². The number of thioether (sulfide) groups is 1. The van der Waals surface area contributed by atoms with E-state index in [0.717, 1.165) is 17.9 Å². The largest absolute Gasteiger partial charge is 0.481 e. The molecule has 0 bridgehead atoms. The lowest BCUT2D eigenvalue weighted by atomic mass is 10.3. The van der Waals surface area contributed by atoms with Gasteiger partial charge in [-0.15, -0.1) is 0 Å². The van der Waals surface area contributed by atoms with Crippen LogP contribution in [-0.4, -0.2) is 27.0 Å². The summed E-state index contributed by atoms with van der Waals surface area (Å²) in [5.74, 6) is 1.81. The highest BCUT2D eigenvalue weighted by Crippen LogP contribution is 2.46. The fraction of sp³-hybridized carbons (Fsp3) is 0.700. The molecule has 2 rings (SSSR count). The van der Waals surface area contributed by atoms with Crippen LogP contribution < -0.4 is 0 Å². The van der Waals surface area contributed by atoms with Gasteiger partial charge < -0.3 is 9.63 Å². The summed E-state index contributed by atoms with van der Waals surface area (Å²) in [6.07, 6.45) is 1.75. The fourth-order valence-electron chi connectivity index (χ4n) is 1.53. The third-order valence-electron chi connectivity index (χ3n) is 2.49. The topological polar surface area (TPSA) is 76.2 Å². The Morgan fingerprint density at radius 3 is 3.12 bits per heavy atom. The second-order valence-corrected chi connectivity index (χ2v) is 4.99. The molecule has 1 N–H and O–H groups in total. The second kappa shape index (κ2) is 4.86. The lowest BCUT2D eigenvalue weighted by Gasteiger charge is -1.91. The number of hydrogen-bond acceptors (Lipinski definition) is 5. The van der Waals surface area contributed by atoms with Gasteiger partial charge in [0.1, 0.15) is 0 Å². The van der Waals surface area contributed by atoms with Gasteiger partial charge in [0.05, 0.1) is 17.6 Å². The number of nitrogens with zero attached hydrogens (tertiary/aromatic N) is 2. The number of carboxylic acids is 1. The van der Waals surface area contributed by atoms with Crippen molar-refractivity contribution in [3.05, 3.63) is 11.7 Å². The lowest BCUT2D eigenvalue weighted by Crippen LogP contribution is -1.99. The van der Waals surface area contributed by atoms with E-state index >= 15 is 0 Å². The predicted molar refractivity (Wildman–Crippen MR) is 59.2 cm³/mol. The molecule has 1 aromatic heterocycles. The van der Waals surface area contributed by atoms with Gasteiger partial charge in [-0.05, 0) is 18.6 Å². The van der Waals surface area contributed by atoms with Crippen LogP contribution in [0.2, 0.25) is 0 Å². The summed E-state index contributed by atoms with van der Waals surface area (Å²) >= 11 is 1.76. The van der Waals surface area contributed by atoms with E-state index in [4.69, 9.17) is 9.63 Å². The number of carboxylic acid groups (broad SMARTS) is 1. The molecule has 1 aliphatic rings. The van der Waals surface area contributed by atoms with Gasteiger partial charge >= 0.3 is 5.97 Å². The van der Waals surface area contributed by atoms with Crippen LogP contribution in [0, 0.1) is 5.92 Å². The SMILES string of the molecule is CCCSCc1noc(C2CC2C(=O)O)n1.